The highest BCUT2D eigenvalue weighted by Crippen LogP contribution is 2.61. The highest BCUT2D eigenvalue weighted by Gasteiger charge is 2.49. The predicted molar refractivity (Wildman–Crippen MR) is 276 cm³/mol. The number of fused-ring (bicyclic) bond motifs is 15. The van der Waals surface area contributed by atoms with Crippen LogP contribution in [0.4, 0.5) is 0 Å². The number of aromatic nitrogens is 3. The third kappa shape index (κ3) is 5.77. The van der Waals surface area contributed by atoms with Crippen LogP contribution < -0.4 is 0 Å². The monoisotopic (exact) mass is 865 g/mol. The Bertz CT molecular complexity index is 3860. The van der Waals surface area contributed by atoms with Gasteiger partial charge < -0.3 is 4.42 Å². The summed E-state index contributed by atoms with van der Waals surface area (Å²) in [5, 5.41) is 2.13. The van der Waals surface area contributed by atoms with E-state index >= 15 is 0 Å². The Morgan fingerprint density at radius 2 is 0.662 bits per heavy atom. The van der Waals surface area contributed by atoms with E-state index in [0.717, 1.165) is 60.9 Å². The van der Waals surface area contributed by atoms with Gasteiger partial charge in [-0.15, -0.1) is 0 Å². The van der Waals surface area contributed by atoms with Crippen molar-refractivity contribution < 1.29 is 4.42 Å². The standard InChI is InChI=1S/C64H39N3O/c1-3-17-40(18-4-1)44-35-45(41-19-5-2-6-20-41)37-46(36-44)63-66-61(65-62(67-63)43-32-34-54-53-26-12-16-30-59(53)68-60(54)39-43)42-31-33-52-51-25-11-15-29-57(51)64(58(52)38-42)55-27-13-9-23-49(55)47-21-7-8-22-48(47)50-24-10-14-28-56(50)64/h1-39H. The van der Waals surface area contributed by atoms with E-state index in [9.17, 15) is 0 Å². The van der Waals surface area contributed by atoms with Crippen LogP contribution in [0.15, 0.2) is 241 Å². The molecule has 0 N–H and O–H groups in total. The molecule has 0 fully saturated rings. The molecule has 68 heavy (non-hydrogen) atoms. The molecule has 14 rings (SSSR count). The lowest BCUT2D eigenvalue weighted by Gasteiger charge is -2.35. The molecule has 4 heteroatoms. The molecule has 0 unspecified atom stereocenters. The van der Waals surface area contributed by atoms with Crippen molar-refractivity contribution in [3.05, 3.63) is 259 Å². The third-order valence-electron chi connectivity index (χ3n) is 14.2. The molecule has 0 bridgehead atoms. The van der Waals surface area contributed by atoms with Crippen LogP contribution in [0.5, 0.6) is 0 Å². The second-order valence-corrected chi connectivity index (χ2v) is 17.8. The van der Waals surface area contributed by atoms with Crippen molar-refractivity contribution in [2.45, 2.75) is 5.41 Å². The zero-order chi connectivity index (χ0) is 44.8. The fourth-order valence-electron chi connectivity index (χ4n) is 11.2. The number of hydrogen-bond acceptors (Lipinski definition) is 4. The van der Waals surface area contributed by atoms with E-state index in [1.165, 1.54) is 55.6 Å². The lowest BCUT2D eigenvalue weighted by Crippen LogP contribution is -2.29. The van der Waals surface area contributed by atoms with E-state index in [2.05, 4.69) is 218 Å². The Kier molecular flexibility index (Phi) is 8.46. The van der Waals surface area contributed by atoms with E-state index in [1.807, 2.05) is 18.2 Å². The van der Waals surface area contributed by atoms with E-state index in [4.69, 9.17) is 19.4 Å². The molecule has 0 atom stereocenters. The van der Waals surface area contributed by atoms with Gasteiger partial charge >= 0.3 is 0 Å². The van der Waals surface area contributed by atoms with Crippen LogP contribution in [0.2, 0.25) is 0 Å². The van der Waals surface area contributed by atoms with Gasteiger partial charge in [0.05, 0.1) is 5.41 Å². The van der Waals surface area contributed by atoms with E-state index < -0.39 is 5.41 Å². The van der Waals surface area contributed by atoms with Crippen LogP contribution >= 0.6 is 0 Å². The molecule has 0 aliphatic heterocycles. The minimum atomic E-state index is -0.645. The normalized spacial score (nSPS) is 12.8. The van der Waals surface area contributed by atoms with Gasteiger partial charge in [0.25, 0.3) is 0 Å². The molecule has 2 aliphatic rings. The average Bonchev–Trinajstić information content (AvgIpc) is 3.90. The minimum absolute atomic E-state index is 0.567. The average molecular weight is 866 g/mol. The zero-order valence-corrected chi connectivity index (χ0v) is 36.8. The summed E-state index contributed by atoms with van der Waals surface area (Å²) in [6.45, 7) is 0. The van der Waals surface area contributed by atoms with E-state index in [0.29, 0.717) is 17.5 Å². The molecule has 0 amide bonds. The second-order valence-electron chi connectivity index (χ2n) is 17.8. The zero-order valence-electron chi connectivity index (χ0n) is 36.8. The first-order chi connectivity index (χ1) is 33.7. The maximum Gasteiger partial charge on any atom is 0.164 e. The number of nitrogens with zero attached hydrogens (tertiary/aromatic N) is 3. The second kappa shape index (κ2) is 15.0. The van der Waals surface area contributed by atoms with Crippen LogP contribution in [-0.2, 0) is 5.41 Å². The van der Waals surface area contributed by atoms with Crippen molar-refractivity contribution in [3.8, 4) is 89.8 Å². The van der Waals surface area contributed by atoms with Gasteiger partial charge in [0, 0.05) is 27.5 Å². The molecule has 4 nitrogen and oxygen atoms in total. The van der Waals surface area contributed by atoms with E-state index in [1.54, 1.807) is 0 Å². The van der Waals surface area contributed by atoms with Crippen molar-refractivity contribution in [3.63, 3.8) is 0 Å². The summed E-state index contributed by atoms with van der Waals surface area (Å²) in [6.07, 6.45) is 0. The van der Waals surface area contributed by atoms with Gasteiger partial charge in [0.15, 0.2) is 17.5 Å². The summed E-state index contributed by atoms with van der Waals surface area (Å²) in [7, 11) is 0. The van der Waals surface area contributed by atoms with Gasteiger partial charge in [-0.3, -0.25) is 0 Å². The van der Waals surface area contributed by atoms with Crippen LogP contribution in [0, 0.1) is 0 Å². The van der Waals surface area contributed by atoms with Crippen LogP contribution in [-0.4, -0.2) is 15.0 Å². The Balaban J connectivity index is 1.03. The predicted octanol–water partition coefficient (Wildman–Crippen LogP) is 16.1. The summed E-state index contributed by atoms with van der Waals surface area (Å²) in [4.78, 5) is 16.2. The molecule has 12 aromatic rings. The molecule has 2 aliphatic carbocycles. The minimum Gasteiger partial charge on any atom is -0.456 e. The molecule has 10 aromatic carbocycles. The first kappa shape index (κ1) is 38.3. The maximum atomic E-state index is 6.44. The quantitative estimate of drug-likeness (QED) is 0.173. The Morgan fingerprint density at radius 3 is 1.25 bits per heavy atom. The molecule has 2 heterocycles. The van der Waals surface area contributed by atoms with Gasteiger partial charge in [0.1, 0.15) is 11.2 Å². The van der Waals surface area contributed by atoms with E-state index in [-0.39, 0.29) is 0 Å². The number of rotatable bonds is 5. The molecular formula is C64H39N3O. The Morgan fingerprint density at radius 1 is 0.250 bits per heavy atom. The number of para-hydroxylation sites is 1. The highest BCUT2D eigenvalue weighted by atomic mass is 16.3. The van der Waals surface area contributed by atoms with Crippen molar-refractivity contribution in [1.29, 1.82) is 0 Å². The maximum absolute atomic E-state index is 6.44. The molecule has 0 saturated heterocycles. The number of hydrogen-bond donors (Lipinski definition) is 0. The molecule has 316 valence electrons. The van der Waals surface area contributed by atoms with Crippen molar-refractivity contribution in [2.24, 2.45) is 0 Å². The van der Waals surface area contributed by atoms with Gasteiger partial charge in [-0.25, -0.2) is 15.0 Å². The Labute approximate surface area is 393 Å². The first-order valence-corrected chi connectivity index (χ1v) is 23.2. The first-order valence-electron chi connectivity index (χ1n) is 23.2. The fraction of sp³-hybridized carbons (Fsp3) is 0.0156. The largest absolute Gasteiger partial charge is 0.456 e. The number of benzene rings is 10. The Hall–Kier alpha value is -8.99. The summed E-state index contributed by atoms with van der Waals surface area (Å²) in [5.74, 6) is 1.75. The fourth-order valence-corrected chi connectivity index (χ4v) is 11.2. The summed E-state index contributed by atoms with van der Waals surface area (Å²) < 4.78 is 6.44. The third-order valence-corrected chi connectivity index (χ3v) is 14.2. The van der Waals surface area contributed by atoms with Crippen LogP contribution in [0.25, 0.3) is 112 Å². The molecule has 2 aromatic heterocycles. The van der Waals surface area contributed by atoms with Gasteiger partial charge in [0.2, 0.25) is 0 Å². The van der Waals surface area contributed by atoms with Crippen molar-refractivity contribution in [1.82, 2.24) is 15.0 Å². The van der Waals surface area contributed by atoms with Crippen molar-refractivity contribution in [2.75, 3.05) is 0 Å². The topological polar surface area (TPSA) is 51.8 Å². The summed E-state index contributed by atoms with van der Waals surface area (Å²) in [5.41, 5.74) is 20.4. The summed E-state index contributed by atoms with van der Waals surface area (Å²) >= 11 is 0. The summed E-state index contributed by atoms with van der Waals surface area (Å²) in [6, 6.07) is 84.9. The highest BCUT2D eigenvalue weighted by molar-refractivity contribution is 6.06. The van der Waals surface area contributed by atoms with Crippen molar-refractivity contribution >= 4 is 21.9 Å². The SMILES string of the molecule is c1ccc(-c2cc(-c3ccccc3)cc(-c3nc(-c4ccc5c(c4)C4(c6ccccc6-c6ccccc6-c6ccccc64)c4ccccc4-5)nc(-c4ccc5c(c4)oc4ccccc45)n3)c2)cc1. The smallest absolute Gasteiger partial charge is 0.164 e. The van der Waals surface area contributed by atoms with Crippen LogP contribution in [0.3, 0.4) is 0 Å². The number of furan rings is 1. The van der Waals surface area contributed by atoms with Gasteiger partial charge in [-0.1, -0.05) is 194 Å². The lowest BCUT2D eigenvalue weighted by atomic mass is 9.66. The van der Waals surface area contributed by atoms with Crippen LogP contribution in [0.1, 0.15) is 22.3 Å². The molecular weight excluding hydrogens is 827 g/mol. The van der Waals surface area contributed by atoms with Gasteiger partial charge in [-0.2, -0.15) is 0 Å². The molecule has 1 spiro atoms. The lowest BCUT2D eigenvalue weighted by molar-refractivity contribution is 0.669. The molecule has 0 saturated carbocycles. The molecule has 0 radical (unpaired) electrons. The van der Waals surface area contributed by atoms with Gasteiger partial charge in [-0.05, 0) is 120 Å².